The van der Waals surface area contributed by atoms with Gasteiger partial charge in [-0.15, -0.1) is 17.5 Å². The number of likely N-dealkylation sites (tertiary alicyclic amines) is 1. The molecule has 2 aromatic rings. The molecule has 0 bridgehead atoms. The Bertz CT molecular complexity index is 788. The van der Waals surface area contributed by atoms with E-state index in [9.17, 15) is 4.79 Å². The molecule has 1 saturated heterocycles. The molecule has 2 heterocycles. The average Bonchev–Trinajstić information content (AvgIpc) is 3.22. The van der Waals surface area contributed by atoms with Gasteiger partial charge in [-0.05, 0) is 32.0 Å². The number of nitrogens with zero attached hydrogens (tertiary/aromatic N) is 4. The summed E-state index contributed by atoms with van der Waals surface area (Å²) in [5, 5.41) is 8.57. The van der Waals surface area contributed by atoms with E-state index in [4.69, 9.17) is 23.2 Å². The van der Waals surface area contributed by atoms with Gasteiger partial charge in [-0.2, -0.15) is 0 Å². The first-order valence-electron chi connectivity index (χ1n) is 8.81. The summed E-state index contributed by atoms with van der Waals surface area (Å²) in [7, 11) is 1.89. The average molecular weight is 433 g/mol. The lowest BCUT2D eigenvalue weighted by Crippen LogP contribution is -2.41. The van der Waals surface area contributed by atoms with Gasteiger partial charge in [-0.25, -0.2) is 9.67 Å². The molecular formula is C18H24Cl3N5O. The molecule has 1 aromatic carbocycles. The number of benzene rings is 1. The Morgan fingerprint density at radius 1 is 1.33 bits per heavy atom. The third kappa shape index (κ3) is 4.40. The van der Waals surface area contributed by atoms with Crippen LogP contribution in [-0.2, 0) is 0 Å². The number of carbonyl (C=O) groups excluding carboxylic acids is 1. The summed E-state index contributed by atoms with van der Waals surface area (Å²) in [6.45, 7) is 5.49. The smallest absolute Gasteiger partial charge is 0.293 e. The molecule has 6 nitrogen and oxygen atoms in total. The van der Waals surface area contributed by atoms with Gasteiger partial charge < -0.3 is 10.2 Å². The Morgan fingerprint density at radius 2 is 2.00 bits per heavy atom. The van der Waals surface area contributed by atoms with Crippen LogP contribution < -0.4 is 5.32 Å². The van der Waals surface area contributed by atoms with Crippen LogP contribution in [0.25, 0.3) is 5.69 Å². The van der Waals surface area contributed by atoms with Crippen molar-refractivity contribution in [3.8, 4) is 5.69 Å². The fourth-order valence-corrected chi connectivity index (χ4v) is 3.88. The molecule has 1 aliphatic rings. The summed E-state index contributed by atoms with van der Waals surface area (Å²) < 4.78 is 1.60. The number of likely N-dealkylation sites (N-methyl/N-ethyl adjacent to an activating group) is 1. The molecule has 1 amide bonds. The van der Waals surface area contributed by atoms with Crippen LogP contribution in [0.4, 0.5) is 0 Å². The van der Waals surface area contributed by atoms with Crippen LogP contribution in [0.15, 0.2) is 18.2 Å². The van der Waals surface area contributed by atoms with E-state index >= 15 is 0 Å². The number of halogens is 3. The molecule has 27 heavy (non-hydrogen) atoms. The third-order valence-electron chi connectivity index (χ3n) is 4.57. The molecule has 9 heteroatoms. The van der Waals surface area contributed by atoms with E-state index in [0.29, 0.717) is 21.6 Å². The second-order valence-corrected chi connectivity index (χ2v) is 7.60. The third-order valence-corrected chi connectivity index (χ3v) is 5.18. The summed E-state index contributed by atoms with van der Waals surface area (Å²) >= 11 is 12.7. The van der Waals surface area contributed by atoms with Gasteiger partial charge in [0, 0.05) is 25.0 Å². The van der Waals surface area contributed by atoms with E-state index < -0.39 is 0 Å². The molecule has 1 aliphatic heterocycles. The maximum absolute atomic E-state index is 13.0. The fraction of sp³-hybridized carbons (Fsp3) is 0.500. The lowest BCUT2D eigenvalue weighted by Gasteiger charge is -2.23. The number of para-hydroxylation sites is 1. The van der Waals surface area contributed by atoms with Gasteiger partial charge >= 0.3 is 0 Å². The minimum atomic E-state index is -0.147. The number of amides is 1. The van der Waals surface area contributed by atoms with Gasteiger partial charge in [-0.1, -0.05) is 43.1 Å². The second-order valence-electron chi connectivity index (χ2n) is 6.78. The van der Waals surface area contributed by atoms with Crippen LogP contribution in [0.3, 0.4) is 0 Å². The molecule has 1 unspecified atom stereocenters. The topological polar surface area (TPSA) is 63.1 Å². The van der Waals surface area contributed by atoms with Crippen LogP contribution in [0.2, 0.25) is 10.0 Å². The van der Waals surface area contributed by atoms with Crippen molar-refractivity contribution in [1.29, 1.82) is 0 Å². The van der Waals surface area contributed by atoms with Crippen molar-refractivity contribution in [1.82, 2.24) is 25.0 Å². The minimum absolute atomic E-state index is 0. The highest BCUT2D eigenvalue weighted by molar-refractivity contribution is 6.37. The number of rotatable bonds is 5. The largest absolute Gasteiger partial charge is 0.332 e. The van der Waals surface area contributed by atoms with Crippen molar-refractivity contribution >= 4 is 41.5 Å². The molecule has 0 aliphatic carbocycles. The van der Waals surface area contributed by atoms with E-state index in [-0.39, 0.29) is 36.1 Å². The Balaban J connectivity index is 0.00000261. The number of carbonyl (C=O) groups is 1. The first kappa shape index (κ1) is 22.0. The predicted octanol–water partition coefficient (Wildman–Crippen LogP) is 3.94. The Morgan fingerprint density at radius 3 is 2.59 bits per heavy atom. The zero-order chi connectivity index (χ0) is 18.8. The van der Waals surface area contributed by atoms with E-state index in [1.165, 1.54) is 0 Å². The van der Waals surface area contributed by atoms with E-state index in [1.54, 1.807) is 22.9 Å². The van der Waals surface area contributed by atoms with E-state index in [0.717, 1.165) is 25.9 Å². The van der Waals surface area contributed by atoms with Crippen LogP contribution >= 0.6 is 35.6 Å². The summed E-state index contributed by atoms with van der Waals surface area (Å²) in [4.78, 5) is 19.4. The lowest BCUT2D eigenvalue weighted by molar-refractivity contribution is 0.0724. The molecule has 1 atom stereocenters. The van der Waals surface area contributed by atoms with Gasteiger partial charge in [0.05, 0.1) is 10.0 Å². The molecular weight excluding hydrogens is 409 g/mol. The lowest BCUT2D eigenvalue weighted by atomic mass is 10.2. The highest BCUT2D eigenvalue weighted by Gasteiger charge is 2.32. The summed E-state index contributed by atoms with van der Waals surface area (Å²) in [6, 6.07) is 5.45. The Labute approximate surface area is 175 Å². The summed E-state index contributed by atoms with van der Waals surface area (Å²) in [5.41, 5.74) is 0.555. The molecule has 3 rings (SSSR count). The van der Waals surface area contributed by atoms with Crippen molar-refractivity contribution in [2.45, 2.75) is 38.6 Å². The standard InChI is InChI=1S/C18H23Cl2N5O.ClH/c1-11(2)17-22-16(18(26)24-9-5-6-12(24)10-21-3)23-25(17)15-13(19)7-4-8-14(15)20;/h4,7-8,11-12,21H,5-6,9-10H2,1-3H3;1H. The van der Waals surface area contributed by atoms with Crippen molar-refractivity contribution < 1.29 is 4.79 Å². The molecule has 0 saturated carbocycles. The fourth-order valence-electron chi connectivity index (χ4n) is 3.32. The van der Waals surface area contributed by atoms with Crippen molar-refractivity contribution in [2.24, 2.45) is 0 Å². The van der Waals surface area contributed by atoms with Crippen LogP contribution in [0, 0.1) is 0 Å². The number of hydrogen-bond donors (Lipinski definition) is 1. The zero-order valence-electron chi connectivity index (χ0n) is 15.6. The maximum atomic E-state index is 13.0. The molecule has 148 valence electrons. The first-order valence-corrected chi connectivity index (χ1v) is 9.56. The van der Waals surface area contributed by atoms with Gasteiger partial charge in [0.1, 0.15) is 11.5 Å². The monoisotopic (exact) mass is 431 g/mol. The molecule has 0 radical (unpaired) electrons. The van der Waals surface area contributed by atoms with Gasteiger partial charge in [0.15, 0.2) is 0 Å². The minimum Gasteiger partial charge on any atom is -0.332 e. The van der Waals surface area contributed by atoms with Gasteiger partial charge in [-0.3, -0.25) is 4.79 Å². The number of aromatic nitrogens is 3. The zero-order valence-corrected chi connectivity index (χ0v) is 17.9. The van der Waals surface area contributed by atoms with Crippen LogP contribution in [0.1, 0.15) is 49.1 Å². The number of nitrogens with one attached hydrogen (secondary N) is 1. The van der Waals surface area contributed by atoms with Gasteiger partial charge in [0.25, 0.3) is 5.91 Å². The molecule has 1 fully saturated rings. The van der Waals surface area contributed by atoms with Crippen molar-refractivity contribution in [3.63, 3.8) is 0 Å². The predicted molar refractivity (Wildman–Crippen MR) is 111 cm³/mol. The molecule has 1 N–H and O–H groups in total. The summed E-state index contributed by atoms with van der Waals surface area (Å²) in [6.07, 6.45) is 1.98. The van der Waals surface area contributed by atoms with Crippen molar-refractivity contribution in [2.75, 3.05) is 20.1 Å². The second kappa shape index (κ2) is 9.24. The maximum Gasteiger partial charge on any atom is 0.293 e. The highest BCUT2D eigenvalue weighted by atomic mass is 35.5. The Hall–Kier alpha value is -1.34. The molecule has 0 spiro atoms. The highest BCUT2D eigenvalue weighted by Crippen LogP contribution is 2.30. The van der Waals surface area contributed by atoms with Gasteiger partial charge in [0.2, 0.25) is 5.82 Å². The van der Waals surface area contributed by atoms with E-state index in [2.05, 4.69) is 15.4 Å². The number of hydrogen-bond acceptors (Lipinski definition) is 4. The van der Waals surface area contributed by atoms with Crippen molar-refractivity contribution in [3.05, 3.63) is 39.9 Å². The quantitative estimate of drug-likeness (QED) is 0.777. The van der Waals surface area contributed by atoms with Crippen LogP contribution in [0.5, 0.6) is 0 Å². The normalized spacial score (nSPS) is 16.7. The van der Waals surface area contributed by atoms with E-state index in [1.807, 2.05) is 25.8 Å². The molecule has 1 aromatic heterocycles. The summed E-state index contributed by atoms with van der Waals surface area (Å²) in [5.74, 6) is 0.759. The van der Waals surface area contributed by atoms with Crippen LogP contribution in [-0.4, -0.2) is 51.8 Å². The first-order chi connectivity index (χ1) is 12.4. The Kier molecular flexibility index (Phi) is 7.51. The SMILES string of the molecule is CNCC1CCCN1C(=O)c1nc(C(C)C)n(-c2c(Cl)cccc2Cl)n1.Cl.